The SMILES string of the molecule is Cc1ccc2c(c1)N1C[C@H](C)CCCOC3CN(C)CC3c3cc(cc(C)n3)C(=O)/N=C/1N2. The molecule has 174 valence electrons. The van der Waals surface area contributed by atoms with Crippen LogP contribution < -0.4 is 10.2 Å². The Morgan fingerprint density at radius 1 is 1.12 bits per heavy atom. The number of fused-ring (bicyclic) bond motifs is 7. The molecule has 0 radical (unpaired) electrons. The molecule has 0 aliphatic carbocycles. The number of carbonyl (C=O) groups is 1. The maximum absolute atomic E-state index is 13.3. The molecular formula is C26H33N5O2. The van der Waals surface area contributed by atoms with Crippen molar-refractivity contribution in [3.05, 3.63) is 52.8 Å². The molecule has 2 unspecified atom stereocenters. The summed E-state index contributed by atoms with van der Waals surface area (Å²) in [6.07, 6.45) is 2.16. The highest BCUT2D eigenvalue weighted by atomic mass is 16.5. The van der Waals surface area contributed by atoms with Crippen molar-refractivity contribution in [2.45, 2.75) is 45.6 Å². The monoisotopic (exact) mass is 447 g/mol. The van der Waals surface area contributed by atoms with Crippen LogP contribution in [0.1, 0.15) is 53.0 Å². The van der Waals surface area contributed by atoms with Crippen molar-refractivity contribution in [3.63, 3.8) is 0 Å². The summed E-state index contributed by atoms with van der Waals surface area (Å²) in [6, 6.07) is 10.0. The summed E-state index contributed by atoms with van der Waals surface area (Å²) in [7, 11) is 2.12. The summed E-state index contributed by atoms with van der Waals surface area (Å²) < 4.78 is 6.36. The minimum Gasteiger partial charge on any atom is -0.376 e. The van der Waals surface area contributed by atoms with E-state index in [0.717, 1.165) is 61.8 Å². The summed E-state index contributed by atoms with van der Waals surface area (Å²) in [5, 5.41) is 3.38. The van der Waals surface area contributed by atoms with Gasteiger partial charge < -0.3 is 19.9 Å². The van der Waals surface area contributed by atoms with Crippen LogP contribution in [0.15, 0.2) is 35.3 Å². The van der Waals surface area contributed by atoms with Crippen molar-refractivity contribution in [2.75, 3.05) is 43.5 Å². The van der Waals surface area contributed by atoms with E-state index in [9.17, 15) is 4.79 Å². The number of aryl methyl sites for hydroxylation is 2. The fraction of sp³-hybridized carbons (Fsp3) is 0.500. The second kappa shape index (κ2) is 8.88. The number of likely N-dealkylation sites (N-methyl/N-ethyl adjacent to an activating group) is 1. The summed E-state index contributed by atoms with van der Waals surface area (Å²) in [6.45, 7) is 9.59. The molecule has 3 aliphatic rings. The largest absolute Gasteiger partial charge is 0.376 e. The molecule has 3 atom stereocenters. The van der Waals surface area contributed by atoms with Gasteiger partial charge in [-0.25, -0.2) is 0 Å². The molecule has 1 aromatic carbocycles. The number of amides is 1. The van der Waals surface area contributed by atoms with Gasteiger partial charge in [-0.1, -0.05) is 13.0 Å². The van der Waals surface area contributed by atoms with Crippen molar-refractivity contribution in [1.29, 1.82) is 0 Å². The maximum Gasteiger partial charge on any atom is 0.280 e. The summed E-state index contributed by atoms with van der Waals surface area (Å²) in [5.74, 6) is 0.947. The minimum atomic E-state index is -0.245. The Bertz CT molecular complexity index is 1100. The fourth-order valence-electron chi connectivity index (χ4n) is 5.20. The number of rotatable bonds is 0. The van der Waals surface area contributed by atoms with E-state index in [0.29, 0.717) is 17.4 Å². The highest BCUT2D eigenvalue weighted by molar-refractivity contribution is 6.19. The van der Waals surface area contributed by atoms with Crippen LogP contribution in [0.5, 0.6) is 0 Å². The number of hydrogen-bond acceptors (Lipinski definition) is 6. The van der Waals surface area contributed by atoms with Crippen LogP contribution in [0.2, 0.25) is 0 Å². The van der Waals surface area contributed by atoms with Crippen molar-refractivity contribution in [3.8, 4) is 0 Å². The first-order valence-electron chi connectivity index (χ1n) is 11.9. The molecule has 1 fully saturated rings. The highest BCUT2D eigenvalue weighted by Crippen LogP contribution is 2.35. The lowest BCUT2D eigenvalue weighted by atomic mass is 9.99. The highest BCUT2D eigenvalue weighted by Gasteiger charge is 2.35. The molecule has 1 saturated heterocycles. The molecule has 2 bridgehead atoms. The number of guanidine groups is 1. The quantitative estimate of drug-likeness (QED) is 0.659. The Balaban J connectivity index is 1.55. The average molecular weight is 448 g/mol. The third-order valence-corrected chi connectivity index (χ3v) is 6.87. The van der Waals surface area contributed by atoms with Crippen LogP contribution in [0.4, 0.5) is 11.4 Å². The van der Waals surface area contributed by atoms with E-state index in [-0.39, 0.29) is 17.9 Å². The average Bonchev–Trinajstić information content (AvgIpc) is 3.30. The van der Waals surface area contributed by atoms with Gasteiger partial charge in [0, 0.05) is 49.1 Å². The van der Waals surface area contributed by atoms with E-state index in [1.54, 1.807) is 0 Å². The summed E-state index contributed by atoms with van der Waals surface area (Å²) in [5.41, 5.74) is 5.59. The van der Waals surface area contributed by atoms with E-state index in [2.05, 4.69) is 59.2 Å². The summed E-state index contributed by atoms with van der Waals surface area (Å²) in [4.78, 5) is 27.1. The Morgan fingerprint density at radius 2 is 1.97 bits per heavy atom. The second-order valence-corrected chi connectivity index (χ2v) is 9.90. The lowest BCUT2D eigenvalue weighted by Crippen LogP contribution is -2.35. The molecule has 5 rings (SSSR count). The van der Waals surface area contributed by atoms with Crippen LogP contribution in [-0.4, -0.2) is 61.1 Å². The first-order valence-corrected chi connectivity index (χ1v) is 11.9. The van der Waals surface area contributed by atoms with E-state index in [1.165, 1.54) is 5.56 Å². The van der Waals surface area contributed by atoms with Crippen molar-refractivity contribution < 1.29 is 9.53 Å². The Morgan fingerprint density at radius 3 is 2.82 bits per heavy atom. The van der Waals surface area contributed by atoms with Gasteiger partial charge in [0.05, 0.1) is 17.5 Å². The van der Waals surface area contributed by atoms with Crippen LogP contribution >= 0.6 is 0 Å². The molecule has 0 saturated carbocycles. The summed E-state index contributed by atoms with van der Waals surface area (Å²) >= 11 is 0. The first-order chi connectivity index (χ1) is 15.9. The van der Waals surface area contributed by atoms with Crippen molar-refractivity contribution in [1.82, 2.24) is 9.88 Å². The van der Waals surface area contributed by atoms with Crippen molar-refractivity contribution in [2.24, 2.45) is 10.9 Å². The van der Waals surface area contributed by atoms with E-state index >= 15 is 0 Å². The number of benzene rings is 1. The van der Waals surface area contributed by atoms with E-state index in [1.807, 2.05) is 19.1 Å². The van der Waals surface area contributed by atoms with Crippen LogP contribution in [-0.2, 0) is 4.74 Å². The number of hydrogen-bond donors (Lipinski definition) is 1. The molecule has 3 aliphatic heterocycles. The number of nitrogens with zero attached hydrogens (tertiary/aromatic N) is 4. The second-order valence-electron chi connectivity index (χ2n) is 9.90. The standard InChI is InChI=1S/C26H33N5O2/c1-16-7-8-21-23(10-16)31-13-17(2)6-5-9-33-24-15-30(4)14-20(24)22-12-19(11-18(3)27-22)25(32)29-26(31)28-21/h7-8,10-12,17,20,24H,5-6,9,13-15H2,1-4H3,(H,28,29,32)/t17-,20?,24?/m1/s1. The van der Waals surface area contributed by atoms with E-state index in [4.69, 9.17) is 9.72 Å². The van der Waals surface area contributed by atoms with Gasteiger partial charge in [0.1, 0.15) is 0 Å². The normalized spacial score (nSPS) is 27.5. The van der Waals surface area contributed by atoms with Gasteiger partial charge in [-0.15, -0.1) is 0 Å². The predicted octanol–water partition coefficient (Wildman–Crippen LogP) is 3.97. The zero-order valence-electron chi connectivity index (χ0n) is 20.0. The molecule has 2 aromatic rings. The van der Waals surface area contributed by atoms with E-state index < -0.39 is 0 Å². The molecule has 0 spiro atoms. The zero-order valence-corrected chi connectivity index (χ0v) is 20.0. The Labute approximate surface area is 195 Å². The predicted molar refractivity (Wildman–Crippen MR) is 131 cm³/mol. The number of likely N-dealkylation sites (tertiary alicyclic amines) is 1. The maximum atomic E-state index is 13.3. The Kier molecular flexibility index (Phi) is 5.93. The Hall–Kier alpha value is -2.77. The van der Waals surface area contributed by atoms with Gasteiger partial charge in [0.15, 0.2) is 0 Å². The van der Waals surface area contributed by atoms with Crippen molar-refractivity contribution >= 4 is 23.2 Å². The molecular weight excluding hydrogens is 414 g/mol. The molecule has 33 heavy (non-hydrogen) atoms. The zero-order chi connectivity index (χ0) is 23.1. The van der Waals surface area contributed by atoms with Gasteiger partial charge in [0.2, 0.25) is 5.96 Å². The van der Waals surface area contributed by atoms with Gasteiger partial charge in [-0.3, -0.25) is 9.78 Å². The van der Waals surface area contributed by atoms with Crippen LogP contribution in [0.25, 0.3) is 0 Å². The van der Waals surface area contributed by atoms with Gasteiger partial charge >= 0.3 is 0 Å². The molecule has 7 heteroatoms. The molecule has 7 nitrogen and oxygen atoms in total. The first kappa shape index (κ1) is 22.0. The fourth-order valence-corrected chi connectivity index (χ4v) is 5.20. The third-order valence-electron chi connectivity index (χ3n) is 6.87. The number of carbonyl (C=O) groups excluding carboxylic acids is 1. The van der Waals surface area contributed by atoms with Gasteiger partial charge in [0.25, 0.3) is 5.91 Å². The number of anilines is 2. The number of aromatic nitrogens is 1. The number of aliphatic imine (C=N–C) groups is 1. The molecule has 1 amide bonds. The molecule has 1 N–H and O–H groups in total. The van der Waals surface area contributed by atoms with Gasteiger partial charge in [-0.2, -0.15) is 4.99 Å². The number of pyridine rings is 1. The lowest BCUT2D eigenvalue weighted by molar-refractivity contribution is 0.0466. The number of ether oxygens (including phenoxy) is 1. The van der Waals surface area contributed by atoms with Crippen LogP contribution in [0, 0.1) is 19.8 Å². The number of nitrogens with one attached hydrogen (secondary N) is 1. The topological polar surface area (TPSA) is 70.1 Å². The molecule has 4 heterocycles. The van der Waals surface area contributed by atoms with Crippen LogP contribution in [0.3, 0.4) is 0 Å². The third kappa shape index (κ3) is 4.52. The lowest BCUT2D eigenvalue weighted by Gasteiger charge is -2.23. The molecule has 1 aromatic heterocycles. The minimum absolute atomic E-state index is 0.0960. The van der Waals surface area contributed by atoms with Gasteiger partial charge in [-0.05, 0) is 69.5 Å². The smallest absolute Gasteiger partial charge is 0.280 e.